The molecule has 0 N–H and O–H groups in total. The van der Waals surface area contributed by atoms with Gasteiger partial charge in [-0.05, 0) is 30.3 Å². The highest BCUT2D eigenvalue weighted by Crippen LogP contribution is 2.31. The van der Waals surface area contributed by atoms with Crippen molar-refractivity contribution in [1.29, 1.82) is 0 Å². The van der Waals surface area contributed by atoms with Crippen molar-refractivity contribution in [2.24, 2.45) is 0 Å². The molecule has 0 bridgehead atoms. The fraction of sp³-hybridized carbons (Fsp3) is 0.267. The summed E-state index contributed by atoms with van der Waals surface area (Å²) in [5.74, 6) is 0.894. The van der Waals surface area contributed by atoms with Gasteiger partial charge >= 0.3 is 0 Å². The van der Waals surface area contributed by atoms with Gasteiger partial charge in [-0.15, -0.1) is 0 Å². The molecule has 8 heteroatoms. The van der Waals surface area contributed by atoms with Crippen LogP contribution in [0.4, 0.5) is 4.39 Å². The third-order valence-electron chi connectivity index (χ3n) is 6.96. The molecular formula is C30H31FN4O3. The van der Waals surface area contributed by atoms with E-state index in [1.807, 2.05) is 53.2 Å². The Kier molecular flexibility index (Phi) is 7.42. The number of hydrogen-bond acceptors (Lipinski definition) is 5. The predicted octanol–water partition coefficient (Wildman–Crippen LogP) is 4.86. The summed E-state index contributed by atoms with van der Waals surface area (Å²) in [4.78, 5) is 17.2. The number of para-hydroxylation sites is 3. The first-order valence-corrected chi connectivity index (χ1v) is 12.6. The summed E-state index contributed by atoms with van der Waals surface area (Å²) in [6.07, 6.45) is 0.735. The van der Waals surface area contributed by atoms with Crippen LogP contribution in [0.25, 0.3) is 5.69 Å². The molecule has 4 aromatic rings. The second kappa shape index (κ2) is 11.1. The Bertz CT molecular complexity index is 1450. The van der Waals surface area contributed by atoms with E-state index in [-0.39, 0.29) is 11.7 Å². The van der Waals surface area contributed by atoms with Crippen molar-refractivity contribution in [3.8, 4) is 17.2 Å². The minimum atomic E-state index is -0.203. The number of fused-ring (bicyclic) bond motifs is 1. The van der Waals surface area contributed by atoms with E-state index in [2.05, 4.69) is 4.90 Å². The van der Waals surface area contributed by atoms with Gasteiger partial charge in [-0.3, -0.25) is 9.69 Å². The van der Waals surface area contributed by atoms with Crippen LogP contribution in [-0.2, 0) is 26.1 Å². The van der Waals surface area contributed by atoms with Crippen LogP contribution in [0.1, 0.15) is 32.9 Å². The van der Waals surface area contributed by atoms with Crippen molar-refractivity contribution >= 4 is 5.91 Å². The maximum Gasteiger partial charge on any atom is 0.257 e. The van der Waals surface area contributed by atoms with Crippen LogP contribution in [-0.4, -0.2) is 53.3 Å². The third-order valence-corrected chi connectivity index (χ3v) is 6.96. The second-order valence-electron chi connectivity index (χ2n) is 9.37. The first kappa shape index (κ1) is 25.5. The van der Waals surface area contributed by atoms with E-state index in [4.69, 9.17) is 14.6 Å². The fourth-order valence-electron chi connectivity index (χ4n) is 5.00. The molecule has 0 fully saturated rings. The number of halogens is 1. The molecule has 2 heterocycles. The van der Waals surface area contributed by atoms with Crippen LogP contribution >= 0.6 is 0 Å². The number of ether oxygens (including phenoxy) is 2. The molecule has 0 aliphatic carbocycles. The summed E-state index contributed by atoms with van der Waals surface area (Å²) in [5.41, 5.74) is 4.94. The Hall–Kier alpha value is -4.17. The highest BCUT2D eigenvalue weighted by Gasteiger charge is 2.28. The monoisotopic (exact) mass is 514 g/mol. The van der Waals surface area contributed by atoms with Gasteiger partial charge in [0.2, 0.25) is 0 Å². The molecule has 38 heavy (non-hydrogen) atoms. The van der Waals surface area contributed by atoms with Crippen molar-refractivity contribution in [2.45, 2.75) is 26.1 Å². The molecule has 0 atom stereocenters. The van der Waals surface area contributed by atoms with Gasteiger partial charge in [0, 0.05) is 44.2 Å². The zero-order valence-electron chi connectivity index (χ0n) is 21.9. The van der Waals surface area contributed by atoms with Crippen LogP contribution in [0.2, 0.25) is 0 Å². The topological polar surface area (TPSA) is 59.8 Å². The van der Waals surface area contributed by atoms with Crippen LogP contribution in [0, 0.1) is 5.82 Å². The smallest absolute Gasteiger partial charge is 0.257 e. The van der Waals surface area contributed by atoms with Gasteiger partial charge in [0.1, 0.15) is 23.0 Å². The van der Waals surface area contributed by atoms with Crippen LogP contribution < -0.4 is 9.47 Å². The first-order valence-electron chi connectivity index (χ1n) is 12.6. The number of amides is 1. The van der Waals surface area contributed by atoms with Crippen molar-refractivity contribution in [1.82, 2.24) is 19.6 Å². The molecule has 3 aromatic carbocycles. The summed E-state index contributed by atoms with van der Waals surface area (Å²) in [7, 11) is 4.97. The van der Waals surface area contributed by atoms with E-state index in [0.717, 1.165) is 41.4 Å². The number of methoxy groups -OCH3 is 2. The Morgan fingerprint density at radius 2 is 1.66 bits per heavy atom. The molecule has 0 saturated carbocycles. The molecular weight excluding hydrogens is 483 g/mol. The maximum absolute atomic E-state index is 14.4. The summed E-state index contributed by atoms with van der Waals surface area (Å²) >= 11 is 0. The van der Waals surface area contributed by atoms with Gasteiger partial charge in [-0.1, -0.05) is 42.5 Å². The molecule has 1 amide bonds. The number of benzene rings is 3. The minimum absolute atomic E-state index is 0.151. The zero-order chi connectivity index (χ0) is 26.6. The average molecular weight is 515 g/mol. The number of hydrogen-bond donors (Lipinski definition) is 0. The molecule has 7 nitrogen and oxygen atoms in total. The van der Waals surface area contributed by atoms with E-state index in [9.17, 15) is 9.18 Å². The van der Waals surface area contributed by atoms with Crippen molar-refractivity contribution in [2.75, 3.05) is 27.8 Å². The third kappa shape index (κ3) is 4.99. The molecule has 0 unspecified atom stereocenters. The van der Waals surface area contributed by atoms with Gasteiger partial charge in [0.15, 0.2) is 0 Å². The lowest BCUT2D eigenvalue weighted by Gasteiger charge is -2.28. The average Bonchev–Trinajstić information content (AvgIpc) is 3.30. The Morgan fingerprint density at radius 1 is 0.974 bits per heavy atom. The maximum atomic E-state index is 14.4. The van der Waals surface area contributed by atoms with Gasteiger partial charge in [-0.2, -0.15) is 5.10 Å². The summed E-state index contributed by atoms with van der Waals surface area (Å²) in [6.45, 7) is 2.18. The lowest BCUT2D eigenvalue weighted by molar-refractivity contribution is 0.0779. The van der Waals surface area contributed by atoms with Crippen LogP contribution in [0.15, 0.2) is 72.8 Å². The molecule has 0 spiro atoms. The Labute approximate surface area is 222 Å². The lowest BCUT2D eigenvalue weighted by Crippen LogP contribution is -2.32. The summed E-state index contributed by atoms with van der Waals surface area (Å²) in [5, 5.41) is 5.00. The number of aromatic nitrogens is 2. The Balaban J connectivity index is 1.49. The molecule has 0 saturated heterocycles. The quantitative estimate of drug-likeness (QED) is 0.336. The lowest BCUT2D eigenvalue weighted by atomic mass is 10.0. The highest BCUT2D eigenvalue weighted by atomic mass is 19.1. The van der Waals surface area contributed by atoms with Crippen molar-refractivity contribution in [3.05, 3.63) is 107 Å². The van der Waals surface area contributed by atoms with Crippen LogP contribution in [0.3, 0.4) is 0 Å². The summed E-state index contributed by atoms with van der Waals surface area (Å²) in [6, 6.07) is 21.8. The molecule has 5 rings (SSSR count). The van der Waals surface area contributed by atoms with E-state index in [1.54, 1.807) is 44.4 Å². The SMILES string of the molecule is COc1ccccc1C(=O)N(C)Cc1nn(-c2ccccc2OC)c2c1CN(Cc1ccccc1F)CC2. The van der Waals surface area contributed by atoms with E-state index < -0.39 is 0 Å². The predicted molar refractivity (Wildman–Crippen MR) is 143 cm³/mol. The number of rotatable bonds is 8. The van der Waals surface area contributed by atoms with Gasteiger partial charge < -0.3 is 14.4 Å². The normalized spacial score (nSPS) is 13.2. The van der Waals surface area contributed by atoms with Gasteiger partial charge in [0.25, 0.3) is 5.91 Å². The van der Waals surface area contributed by atoms with Crippen molar-refractivity contribution < 1.29 is 18.7 Å². The van der Waals surface area contributed by atoms with Gasteiger partial charge in [-0.25, -0.2) is 9.07 Å². The largest absolute Gasteiger partial charge is 0.496 e. The number of carbonyl (C=O) groups is 1. The van der Waals surface area contributed by atoms with Gasteiger partial charge in [0.05, 0.1) is 37.7 Å². The van der Waals surface area contributed by atoms with E-state index >= 15 is 0 Å². The highest BCUT2D eigenvalue weighted by molar-refractivity contribution is 5.96. The zero-order valence-corrected chi connectivity index (χ0v) is 21.9. The molecule has 196 valence electrons. The Morgan fingerprint density at radius 3 is 2.42 bits per heavy atom. The summed E-state index contributed by atoms with van der Waals surface area (Å²) < 4.78 is 27.4. The van der Waals surface area contributed by atoms with Crippen molar-refractivity contribution in [3.63, 3.8) is 0 Å². The standard InChI is InChI=1S/C30H31FN4O3/c1-33(30(36)22-11-5-8-14-28(22)37-2)20-25-23-19-34(18-21-10-4-6-12-24(21)31)17-16-26(23)35(32-25)27-13-7-9-15-29(27)38-3/h4-15H,16-20H2,1-3H3. The molecule has 0 radical (unpaired) electrons. The second-order valence-corrected chi connectivity index (χ2v) is 9.37. The van der Waals surface area contributed by atoms with E-state index in [1.165, 1.54) is 6.07 Å². The molecule has 1 aliphatic heterocycles. The molecule has 1 aliphatic rings. The minimum Gasteiger partial charge on any atom is -0.496 e. The van der Waals surface area contributed by atoms with E-state index in [0.29, 0.717) is 36.5 Å². The molecule has 1 aromatic heterocycles. The fourth-order valence-corrected chi connectivity index (χ4v) is 5.00. The number of nitrogens with zero attached hydrogens (tertiary/aromatic N) is 4. The number of carbonyl (C=O) groups excluding carboxylic acids is 1. The first-order chi connectivity index (χ1) is 18.5. The van der Waals surface area contributed by atoms with Crippen LogP contribution in [0.5, 0.6) is 11.5 Å².